The molecular weight excluding hydrogens is 432 g/mol. The standard InChI is InChI=1S/C17H18N6O7S/c18-14-11-15(21-6-20-14)23(7-22-11)16-13(25)12(24)10(30-16)5-29-17(26)8-1-3-9(4-2-8)31(19,27)28/h1-4,6-7,10,12-13,16,24-25H,5H2,(H2,18,20,21)(H2,19,27,28)/t10-,12-,13-,16-/m1/s1. The van der Waals surface area contributed by atoms with Gasteiger partial charge in [0, 0.05) is 0 Å². The normalized spacial score (nSPS) is 23.8. The van der Waals surface area contributed by atoms with Crippen molar-refractivity contribution in [2.24, 2.45) is 5.14 Å². The molecule has 0 unspecified atom stereocenters. The second-order valence-corrected chi connectivity index (χ2v) is 8.36. The van der Waals surface area contributed by atoms with Gasteiger partial charge in [-0.15, -0.1) is 0 Å². The minimum Gasteiger partial charge on any atom is -0.459 e. The summed E-state index contributed by atoms with van der Waals surface area (Å²) in [5, 5.41) is 25.8. The number of aromatic nitrogens is 4. The van der Waals surface area contributed by atoms with E-state index in [1.807, 2.05) is 0 Å². The Kier molecular flexibility index (Phi) is 5.32. The first-order valence-corrected chi connectivity index (χ1v) is 10.5. The molecule has 13 nitrogen and oxygen atoms in total. The lowest BCUT2D eigenvalue weighted by Crippen LogP contribution is -2.34. The van der Waals surface area contributed by atoms with Crippen molar-refractivity contribution in [2.45, 2.75) is 29.4 Å². The average Bonchev–Trinajstić information content (AvgIpc) is 3.28. The van der Waals surface area contributed by atoms with E-state index in [0.717, 1.165) is 0 Å². The monoisotopic (exact) mass is 450 g/mol. The summed E-state index contributed by atoms with van der Waals surface area (Å²) in [5.41, 5.74) is 6.44. The molecule has 0 aliphatic carbocycles. The highest BCUT2D eigenvalue weighted by molar-refractivity contribution is 7.89. The van der Waals surface area contributed by atoms with Gasteiger partial charge in [-0.3, -0.25) is 4.57 Å². The second-order valence-electron chi connectivity index (χ2n) is 6.80. The van der Waals surface area contributed by atoms with Crippen LogP contribution in [0.4, 0.5) is 5.82 Å². The van der Waals surface area contributed by atoms with Gasteiger partial charge in [0.1, 0.15) is 36.8 Å². The predicted octanol–water partition coefficient (Wildman–Crippen LogP) is -1.47. The lowest BCUT2D eigenvalue weighted by atomic mass is 10.1. The number of benzene rings is 1. The van der Waals surface area contributed by atoms with Crippen LogP contribution in [-0.4, -0.2) is 69.0 Å². The van der Waals surface area contributed by atoms with E-state index in [-0.39, 0.29) is 22.9 Å². The lowest BCUT2D eigenvalue weighted by Gasteiger charge is -2.16. The highest BCUT2D eigenvalue weighted by Crippen LogP contribution is 2.32. The number of nitrogens with two attached hydrogens (primary N) is 2. The van der Waals surface area contributed by atoms with Crippen LogP contribution in [0.3, 0.4) is 0 Å². The summed E-state index contributed by atoms with van der Waals surface area (Å²) in [7, 11) is -3.89. The maximum Gasteiger partial charge on any atom is 0.338 e. The van der Waals surface area contributed by atoms with Crippen molar-refractivity contribution in [1.29, 1.82) is 0 Å². The third-order valence-corrected chi connectivity index (χ3v) is 5.72. The zero-order valence-corrected chi connectivity index (χ0v) is 16.6. The van der Waals surface area contributed by atoms with Crippen LogP contribution in [0, 0.1) is 0 Å². The molecule has 0 spiro atoms. The largest absolute Gasteiger partial charge is 0.459 e. The van der Waals surface area contributed by atoms with E-state index >= 15 is 0 Å². The molecule has 0 bridgehead atoms. The van der Waals surface area contributed by atoms with Gasteiger partial charge in [-0.05, 0) is 24.3 Å². The number of sulfonamides is 1. The molecule has 0 radical (unpaired) electrons. The fourth-order valence-electron chi connectivity index (χ4n) is 3.17. The topological polar surface area (TPSA) is 206 Å². The molecule has 1 aliphatic rings. The van der Waals surface area contributed by atoms with Gasteiger partial charge in [0.15, 0.2) is 17.7 Å². The fourth-order valence-corrected chi connectivity index (χ4v) is 3.69. The van der Waals surface area contributed by atoms with Crippen molar-refractivity contribution >= 4 is 33.0 Å². The van der Waals surface area contributed by atoms with Crippen molar-refractivity contribution in [3.05, 3.63) is 42.5 Å². The molecule has 2 aromatic heterocycles. The van der Waals surface area contributed by atoms with Gasteiger partial charge in [-0.1, -0.05) is 0 Å². The number of carbonyl (C=O) groups is 1. The summed E-state index contributed by atoms with van der Waals surface area (Å²) >= 11 is 0. The zero-order chi connectivity index (χ0) is 22.3. The molecule has 1 aliphatic heterocycles. The molecule has 4 rings (SSSR count). The molecule has 6 N–H and O–H groups in total. The van der Waals surface area contributed by atoms with Gasteiger partial charge in [0.05, 0.1) is 16.8 Å². The van der Waals surface area contributed by atoms with E-state index < -0.39 is 40.5 Å². The van der Waals surface area contributed by atoms with Crippen molar-refractivity contribution in [2.75, 3.05) is 12.3 Å². The Morgan fingerprint density at radius 3 is 2.55 bits per heavy atom. The third-order valence-electron chi connectivity index (χ3n) is 4.80. The van der Waals surface area contributed by atoms with E-state index in [2.05, 4.69) is 15.0 Å². The predicted molar refractivity (Wildman–Crippen MR) is 104 cm³/mol. The van der Waals surface area contributed by atoms with Gasteiger partial charge >= 0.3 is 5.97 Å². The van der Waals surface area contributed by atoms with Crippen molar-refractivity contribution in [3.63, 3.8) is 0 Å². The van der Waals surface area contributed by atoms with Crippen molar-refractivity contribution in [1.82, 2.24) is 19.5 Å². The molecule has 14 heteroatoms. The van der Waals surface area contributed by atoms with Crippen LogP contribution in [0.25, 0.3) is 11.2 Å². The molecular formula is C17H18N6O7S. The van der Waals surface area contributed by atoms with E-state index in [4.69, 9.17) is 20.3 Å². The Morgan fingerprint density at radius 1 is 1.16 bits per heavy atom. The summed E-state index contributed by atoms with van der Waals surface area (Å²) in [6.45, 7) is -0.367. The van der Waals surface area contributed by atoms with Crippen molar-refractivity contribution < 1.29 is 32.9 Å². The number of rotatable bonds is 5. The SMILES string of the molecule is Nc1ncnc2c1ncn2[C@@H]1O[C@H](COC(=O)c2ccc(S(N)(=O)=O)cc2)[C@@H](O)[C@H]1O. The molecule has 1 saturated heterocycles. The molecule has 3 aromatic rings. The van der Waals surface area contributed by atoms with Crippen LogP contribution in [-0.2, 0) is 19.5 Å². The third kappa shape index (κ3) is 3.94. The number of nitrogens with zero attached hydrogens (tertiary/aromatic N) is 4. The van der Waals surface area contributed by atoms with Crippen LogP contribution in [0.2, 0.25) is 0 Å². The molecule has 0 saturated carbocycles. The molecule has 164 valence electrons. The maximum absolute atomic E-state index is 12.2. The maximum atomic E-state index is 12.2. The summed E-state index contributed by atoms with van der Waals surface area (Å²) in [6, 6.07) is 4.83. The Balaban J connectivity index is 1.45. The summed E-state index contributed by atoms with van der Waals surface area (Å²) in [5.74, 6) is -0.626. The molecule has 3 heterocycles. The highest BCUT2D eigenvalue weighted by Gasteiger charge is 2.45. The first-order chi connectivity index (χ1) is 14.7. The Morgan fingerprint density at radius 2 is 1.87 bits per heavy atom. The van der Waals surface area contributed by atoms with Gasteiger partial charge < -0.3 is 25.4 Å². The Bertz CT molecular complexity index is 1230. The number of esters is 1. The lowest BCUT2D eigenvalue weighted by molar-refractivity contribution is -0.0565. The minimum atomic E-state index is -3.89. The number of anilines is 1. The smallest absolute Gasteiger partial charge is 0.338 e. The number of imidazole rings is 1. The van der Waals surface area contributed by atoms with E-state index in [1.165, 1.54) is 41.5 Å². The molecule has 1 aromatic carbocycles. The number of hydrogen-bond donors (Lipinski definition) is 4. The summed E-state index contributed by atoms with van der Waals surface area (Å²) in [6.07, 6.45) is -2.23. The Labute approximate surface area is 175 Å². The number of hydrogen-bond acceptors (Lipinski definition) is 11. The summed E-state index contributed by atoms with van der Waals surface area (Å²) < 4.78 is 34.8. The van der Waals surface area contributed by atoms with Gasteiger partial charge in [-0.2, -0.15) is 0 Å². The summed E-state index contributed by atoms with van der Waals surface area (Å²) in [4.78, 5) is 24.1. The quantitative estimate of drug-likeness (QED) is 0.330. The van der Waals surface area contributed by atoms with Crippen LogP contribution in [0.15, 0.2) is 41.8 Å². The number of carbonyl (C=O) groups excluding carboxylic acids is 1. The fraction of sp³-hybridized carbons (Fsp3) is 0.294. The number of nitrogen functional groups attached to an aromatic ring is 1. The molecule has 1 fully saturated rings. The number of aliphatic hydroxyl groups is 2. The van der Waals surface area contributed by atoms with Crippen LogP contribution < -0.4 is 10.9 Å². The first kappa shape index (κ1) is 21.1. The molecule has 31 heavy (non-hydrogen) atoms. The zero-order valence-electron chi connectivity index (χ0n) is 15.8. The van der Waals surface area contributed by atoms with Crippen molar-refractivity contribution in [3.8, 4) is 0 Å². The van der Waals surface area contributed by atoms with Gasteiger partial charge in [-0.25, -0.2) is 33.3 Å². The Hall–Kier alpha value is -3.17. The van der Waals surface area contributed by atoms with E-state index in [1.54, 1.807) is 0 Å². The molecule has 0 amide bonds. The molecule has 4 atom stereocenters. The highest BCUT2D eigenvalue weighted by atomic mass is 32.2. The van der Waals surface area contributed by atoms with Crippen LogP contribution >= 0.6 is 0 Å². The number of aliphatic hydroxyl groups excluding tert-OH is 2. The second kappa shape index (κ2) is 7.82. The van der Waals surface area contributed by atoms with Crippen LogP contribution in [0.5, 0.6) is 0 Å². The number of fused-ring (bicyclic) bond motifs is 1. The number of primary sulfonamides is 1. The first-order valence-electron chi connectivity index (χ1n) is 8.91. The van der Waals surface area contributed by atoms with Crippen LogP contribution in [0.1, 0.15) is 16.6 Å². The van der Waals surface area contributed by atoms with Gasteiger partial charge in [0.25, 0.3) is 0 Å². The minimum absolute atomic E-state index is 0.0739. The van der Waals surface area contributed by atoms with Gasteiger partial charge in [0.2, 0.25) is 10.0 Å². The average molecular weight is 450 g/mol. The van der Waals surface area contributed by atoms with E-state index in [0.29, 0.717) is 11.2 Å². The van der Waals surface area contributed by atoms with E-state index in [9.17, 15) is 23.4 Å². The number of ether oxygens (including phenoxy) is 2.